The molecule has 2 aromatic carbocycles. The Morgan fingerprint density at radius 2 is 1.68 bits per heavy atom. The van der Waals surface area contributed by atoms with Gasteiger partial charge in [0.25, 0.3) is 10.2 Å². The normalized spacial score (nSPS) is 26.9. The lowest BCUT2D eigenvalue weighted by molar-refractivity contribution is -0.136. The number of halogens is 4. The van der Waals surface area contributed by atoms with Crippen molar-refractivity contribution in [2.24, 2.45) is 18.9 Å². The molecule has 3 aliphatic rings. The molecule has 2 aliphatic carbocycles. The van der Waals surface area contributed by atoms with E-state index >= 15 is 0 Å². The molecule has 0 amide bonds. The van der Waals surface area contributed by atoms with Crippen molar-refractivity contribution in [2.45, 2.75) is 37.4 Å². The van der Waals surface area contributed by atoms with Gasteiger partial charge in [-0.1, -0.05) is 12.1 Å². The lowest BCUT2D eigenvalue weighted by Gasteiger charge is -2.33. The van der Waals surface area contributed by atoms with Crippen molar-refractivity contribution in [1.82, 2.24) is 23.8 Å². The van der Waals surface area contributed by atoms with Crippen molar-refractivity contribution < 1.29 is 26.0 Å². The summed E-state index contributed by atoms with van der Waals surface area (Å²) >= 11 is 0. The molecular formula is C25H25F4N5O2S. The van der Waals surface area contributed by atoms with Gasteiger partial charge in [0.2, 0.25) is 0 Å². The van der Waals surface area contributed by atoms with E-state index in [1.165, 1.54) is 12.1 Å². The Bertz CT molecular complexity index is 1470. The molecule has 1 saturated heterocycles. The maximum atomic E-state index is 13.3. The Kier molecular flexibility index (Phi) is 5.52. The first-order valence-electron chi connectivity index (χ1n) is 12.1. The van der Waals surface area contributed by atoms with Crippen LogP contribution in [-0.2, 0) is 30.1 Å². The molecule has 1 aromatic heterocycles. The minimum atomic E-state index is -4.61. The Hall–Kier alpha value is -2.83. The van der Waals surface area contributed by atoms with E-state index in [-0.39, 0.29) is 24.2 Å². The molecule has 6 rings (SSSR count). The van der Waals surface area contributed by atoms with Gasteiger partial charge in [-0.15, -0.1) is 0 Å². The SMILES string of the molecule is Cn1nc(-c2ccc3c(c2)C[C@H]2CC[C@@H](C3)[C@]23CN(CC(F)(F)F)S(=O)(=O)N3)nc1-c1ccc(F)cc1. The Labute approximate surface area is 211 Å². The van der Waals surface area contributed by atoms with Gasteiger partial charge in [0.15, 0.2) is 11.6 Å². The molecule has 7 nitrogen and oxygen atoms in total. The number of hydrogen-bond acceptors (Lipinski definition) is 4. The predicted molar refractivity (Wildman–Crippen MR) is 128 cm³/mol. The number of fused-ring (bicyclic) bond motifs is 1. The number of aromatic nitrogens is 3. The number of rotatable bonds is 3. The van der Waals surface area contributed by atoms with E-state index in [2.05, 4.69) is 14.8 Å². The standard InChI is InChI=1S/C25H25F4N5O2S/c1-33-23(15-4-8-21(26)9-5-15)30-22(31-33)17-3-2-16-11-19-6-7-20(12-18(16)10-17)24(19)13-34(14-25(27,28)29)37(35,36)32-24/h2-5,8-10,19-20,32H,6-7,11-14H2,1H3/t19-,20+,24+/m0/s1. The van der Waals surface area contributed by atoms with Gasteiger partial charge >= 0.3 is 6.18 Å². The smallest absolute Gasteiger partial charge is 0.248 e. The van der Waals surface area contributed by atoms with E-state index in [9.17, 15) is 26.0 Å². The molecule has 196 valence electrons. The summed E-state index contributed by atoms with van der Waals surface area (Å²) in [5.41, 5.74) is 2.71. The van der Waals surface area contributed by atoms with Gasteiger partial charge in [-0.3, -0.25) is 0 Å². The average molecular weight is 536 g/mol. The van der Waals surface area contributed by atoms with E-state index in [0.717, 1.165) is 35.1 Å². The van der Waals surface area contributed by atoms with Crippen molar-refractivity contribution in [3.05, 3.63) is 59.4 Å². The van der Waals surface area contributed by atoms with Crippen LogP contribution in [0.5, 0.6) is 0 Å². The van der Waals surface area contributed by atoms with Gasteiger partial charge in [0.1, 0.15) is 12.4 Å². The van der Waals surface area contributed by atoms with Gasteiger partial charge in [0, 0.05) is 24.7 Å². The predicted octanol–water partition coefficient (Wildman–Crippen LogP) is 3.86. The molecule has 3 atom stereocenters. The first-order chi connectivity index (χ1) is 17.4. The number of nitrogens with one attached hydrogen (secondary N) is 1. The largest absolute Gasteiger partial charge is 0.402 e. The van der Waals surface area contributed by atoms with Crippen LogP contribution >= 0.6 is 0 Å². The third-order valence-corrected chi connectivity index (χ3v) is 9.61. The lowest BCUT2D eigenvalue weighted by atomic mass is 9.79. The summed E-state index contributed by atoms with van der Waals surface area (Å²) in [5.74, 6) is 0.555. The molecule has 1 N–H and O–H groups in total. The van der Waals surface area contributed by atoms with E-state index in [4.69, 9.17) is 0 Å². The molecule has 1 saturated carbocycles. The van der Waals surface area contributed by atoms with E-state index < -0.39 is 28.5 Å². The molecule has 2 heterocycles. The Morgan fingerprint density at radius 3 is 2.35 bits per heavy atom. The van der Waals surface area contributed by atoms with Gasteiger partial charge in [-0.05, 0) is 79.0 Å². The van der Waals surface area contributed by atoms with Crippen LogP contribution in [-0.4, -0.2) is 52.3 Å². The molecule has 1 aliphatic heterocycles. The van der Waals surface area contributed by atoms with Crippen molar-refractivity contribution in [1.29, 1.82) is 0 Å². The van der Waals surface area contributed by atoms with E-state index in [1.54, 1.807) is 23.9 Å². The number of nitrogens with zero attached hydrogens (tertiary/aromatic N) is 4. The summed E-state index contributed by atoms with van der Waals surface area (Å²) in [6.07, 6.45) is -1.96. The molecule has 3 aromatic rings. The summed E-state index contributed by atoms with van der Waals surface area (Å²) in [7, 11) is -2.46. The second kappa shape index (κ2) is 8.34. The van der Waals surface area contributed by atoms with Crippen LogP contribution in [0, 0.1) is 17.7 Å². The highest BCUT2D eigenvalue weighted by molar-refractivity contribution is 7.87. The summed E-state index contributed by atoms with van der Waals surface area (Å²) in [4.78, 5) is 4.66. The summed E-state index contributed by atoms with van der Waals surface area (Å²) < 4.78 is 82.9. The van der Waals surface area contributed by atoms with Gasteiger partial charge in [-0.25, -0.2) is 14.1 Å². The molecular weight excluding hydrogens is 510 g/mol. The molecule has 37 heavy (non-hydrogen) atoms. The molecule has 2 bridgehead atoms. The van der Waals surface area contributed by atoms with Crippen LogP contribution < -0.4 is 4.72 Å². The molecule has 1 spiro atoms. The zero-order chi connectivity index (χ0) is 26.2. The fraction of sp³-hybridized carbons (Fsp3) is 0.440. The van der Waals surface area contributed by atoms with Gasteiger partial charge < -0.3 is 0 Å². The second-order valence-corrected chi connectivity index (χ2v) is 12.0. The van der Waals surface area contributed by atoms with Crippen LogP contribution in [0.4, 0.5) is 17.6 Å². The topological polar surface area (TPSA) is 80.1 Å². The van der Waals surface area contributed by atoms with Crippen molar-refractivity contribution in [3.63, 3.8) is 0 Å². The minimum Gasteiger partial charge on any atom is -0.248 e. The zero-order valence-corrected chi connectivity index (χ0v) is 20.8. The quantitative estimate of drug-likeness (QED) is 0.517. The van der Waals surface area contributed by atoms with Crippen LogP contribution in [0.1, 0.15) is 24.0 Å². The summed E-state index contributed by atoms with van der Waals surface area (Å²) in [5, 5.41) is 4.54. The van der Waals surface area contributed by atoms with Crippen LogP contribution in [0.15, 0.2) is 42.5 Å². The van der Waals surface area contributed by atoms with E-state index in [1.807, 2.05) is 18.2 Å². The van der Waals surface area contributed by atoms with Crippen molar-refractivity contribution in [2.75, 3.05) is 13.1 Å². The van der Waals surface area contributed by atoms with E-state index in [0.29, 0.717) is 28.8 Å². The maximum Gasteiger partial charge on any atom is 0.402 e. The third kappa shape index (κ3) is 4.24. The monoisotopic (exact) mass is 535 g/mol. The fourth-order valence-electron chi connectivity index (χ4n) is 6.34. The molecule has 12 heteroatoms. The fourth-order valence-corrected chi connectivity index (χ4v) is 8.05. The maximum absolute atomic E-state index is 13.3. The summed E-state index contributed by atoms with van der Waals surface area (Å²) in [6, 6.07) is 11.9. The minimum absolute atomic E-state index is 0.0873. The molecule has 0 unspecified atom stereocenters. The Balaban J connectivity index is 1.31. The van der Waals surface area contributed by atoms with Crippen LogP contribution in [0.25, 0.3) is 22.8 Å². The highest BCUT2D eigenvalue weighted by Gasteiger charge is 2.60. The lowest BCUT2D eigenvalue weighted by Crippen LogP contribution is -2.52. The molecule has 0 radical (unpaired) electrons. The number of aryl methyl sites for hydroxylation is 1. The zero-order valence-electron chi connectivity index (χ0n) is 20.0. The third-order valence-electron chi connectivity index (χ3n) is 8.04. The van der Waals surface area contributed by atoms with Crippen LogP contribution in [0.2, 0.25) is 0 Å². The average Bonchev–Trinajstić information content (AvgIpc) is 3.38. The highest BCUT2D eigenvalue weighted by atomic mass is 32.2. The molecule has 2 fully saturated rings. The first-order valence-corrected chi connectivity index (χ1v) is 13.5. The number of alkyl halides is 3. The number of benzene rings is 2. The first kappa shape index (κ1) is 24.5. The summed E-state index contributed by atoms with van der Waals surface area (Å²) in [6.45, 7) is -1.66. The second-order valence-electron chi connectivity index (χ2n) is 10.3. The van der Waals surface area contributed by atoms with Crippen LogP contribution in [0.3, 0.4) is 0 Å². The Morgan fingerprint density at radius 1 is 1.03 bits per heavy atom. The number of hydrogen-bond donors (Lipinski definition) is 1. The highest BCUT2D eigenvalue weighted by Crippen LogP contribution is 2.50. The van der Waals surface area contributed by atoms with Gasteiger partial charge in [0.05, 0.1) is 5.54 Å². The van der Waals surface area contributed by atoms with Gasteiger partial charge in [-0.2, -0.15) is 35.7 Å². The van der Waals surface area contributed by atoms with Crippen molar-refractivity contribution >= 4 is 10.2 Å². The van der Waals surface area contributed by atoms with Crippen molar-refractivity contribution in [3.8, 4) is 22.8 Å².